The van der Waals surface area contributed by atoms with Crippen molar-refractivity contribution in [2.75, 3.05) is 24.5 Å². The van der Waals surface area contributed by atoms with Crippen molar-refractivity contribution in [1.29, 1.82) is 0 Å². The van der Waals surface area contributed by atoms with Gasteiger partial charge in [-0.2, -0.15) is 10.2 Å². The van der Waals surface area contributed by atoms with Crippen LogP contribution < -0.4 is 4.90 Å². The zero-order valence-electron chi connectivity index (χ0n) is 23.5. The molecular weight excluding hydrogens is 484 g/mol. The molecular formula is C32H40N6O. The number of anilines is 1. The summed E-state index contributed by atoms with van der Waals surface area (Å²) in [6, 6.07) is 18.4. The van der Waals surface area contributed by atoms with Gasteiger partial charge in [-0.05, 0) is 75.3 Å². The lowest BCUT2D eigenvalue weighted by molar-refractivity contribution is -0.133. The predicted octanol–water partition coefficient (Wildman–Crippen LogP) is 5.60. The summed E-state index contributed by atoms with van der Waals surface area (Å²) in [5.41, 5.74) is 5.93. The Hall–Kier alpha value is -3.61. The molecule has 39 heavy (non-hydrogen) atoms. The summed E-state index contributed by atoms with van der Waals surface area (Å²) in [5, 5.41) is 10.7. The van der Waals surface area contributed by atoms with E-state index < -0.39 is 0 Å². The average molecular weight is 525 g/mol. The molecule has 0 spiro atoms. The maximum atomic E-state index is 13.6. The molecule has 7 nitrogen and oxygen atoms in total. The van der Waals surface area contributed by atoms with E-state index in [4.69, 9.17) is 5.10 Å². The number of hydrogen-bond acceptors (Lipinski definition) is 4. The van der Waals surface area contributed by atoms with Gasteiger partial charge in [-0.1, -0.05) is 37.3 Å². The smallest absolute Gasteiger partial charge is 0.227 e. The molecule has 0 bridgehead atoms. The van der Waals surface area contributed by atoms with Crippen molar-refractivity contribution in [3.63, 3.8) is 0 Å². The monoisotopic (exact) mass is 524 g/mol. The summed E-state index contributed by atoms with van der Waals surface area (Å²) in [6.07, 6.45) is 9.77. The molecule has 1 aliphatic heterocycles. The first-order valence-electron chi connectivity index (χ1n) is 14.6. The standard InChI is InChI=1S/C32H40N6O/c1-4-30-29-14-13-27(19-31(29)38(34-30)26-11-8-12-26)35-15-16-36(28(22-35)17-24-9-6-5-7-10-24)32(39)18-25-20-33-37(21-25)23(2)3/h5-7,9-10,13-14,19-21,23,26,28H,4,8,11-12,15-18,22H2,1-3H3. The predicted molar refractivity (Wildman–Crippen MR) is 156 cm³/mol. The molecule has 4 aromatic rings. The summed E-state index contributed by atoms with van der Waals surface area (Å²) in [7, 11) is 0. The van der Waals surface area contributed by atoms with Gasteiger partial charge in [0.15, 0.2) is 0 Å². The summed E-state index contributed by atoms with van der Waals surface area (Å²) in [4.78, 5) is 18.2. The molecule has 2 fully saturated rings. The van der Waals surface area contributed by atoms with Gasteiger partial charge >= 0.3 is 0 Å². The first-order valence-corrected chi connectivity index (χ1v) is 14.6. The Balaban J connectivity index is 1.25. The number of carbonyl (C=O) groups is 1. The normalized spacial score (nSPS) is 18.2. The van der Waals surface area contributed by atoms with Gasteiger partial charge in [0.25, 0.3) is 0 Å². The topological polar surface area (TPSA) is 59.2 Å². The number of amides is 1. The van der Waals surface area contributed by atoms with Crippen LogP contribution >= 0.6 is 0 Å². The van der Waals surface area contributed by atoms with Crippen LogP contribution in [0, 0.1) is 0 Å². The van der Waals surface area contributed by atoms with Gasteiger partial charge in [-0.25, -0.2) is 0 Å². The van der Waals surface area contributed by atoms with E-state index in [0.29, 0.717) is 12.5 Å². The molecule has 2 aliphatic rings. The van der Waals surface area contributed by atoms with Gasteiger partial charge in [-0.15, -0.1) is 0 Å². The molecule has 0 radical (unpaired) electrons. The highest BCUT2D eigenvalue weighted by Crippen LogP contribution is 2.36. The van der Waals surface area contributed by atoms with E-state index in [9.17, 15) is 4.79 Å². The lowest BCUT2D eigenvalue weighted by Crippen LogP contribution is -2.56. The number of aromatic nitrogens is 4. The van der Waals surface area contributed by atoms with Crippen LogP contribution in [0.3, 0.4) is 0 Å². The number of fused-ring (bicyclic) bond motifs is 1. The van der Waals surface area contributed by atoms with Crippen LogP contribution in [0.2, 0.25) is 0 Å². The van der Waals surface area contributed by atoms with E-state index in [-0.39, 0.29) is 18.0 Å². The van der Waals surface area contributed by atoms with E-state index in [1.165, 1.54) is 47.1 Å². The molecule has 204 valence electrons. The van der Waals surface area contributed by atoms with E-state index in [1.54, 1.807) is 0 Å². The van der Waals surface area contributed by atoms with Gasteiger partial charge in [0, 0.05) is 42.9 Å². The highest BCUT2D eigenvalue weighted by molar-refractivity contribution is 5.86. The van der Waals surface area contributed by atoms with Crippen molar-refractivity contribution in [2.45, 2.75) is 77.4 Å². The minimum absolute atomic E-state index is 0.104. The molecule has 1 saturated heterocycles. The molecule has 1 atom stereocenters. The number of aryl methyl sites for hydroxylation is 1. The van der Waals surface area contributed by atoms with Gasteiger partial charge in [-0.3, -0.25) is 14.2 Å². The molecule has 2 aromatic heterocycles. The Morgan fingerprint density at radius 3 is 2.56 bits per heavy atom. The number of carbonyl (C=O) groups excluding carboxylic acids is 1. The van der Waals surface area contributed by atoms with E-state index >= 15 is 0 Å². The molecule has 1 saturated carbocycles. The zero-order chi connectivity index (χ0) is 26.9. The highest BCUT2D eigenvalue weighted by Gasteiger charge is 2.31. The fourth-order valence-corrected chi connectivity index (χ4v) is 6.07. The quantitative estimate of drug-likeness (QED) is 0.301. The Labute approximate surface area is 231 Å². The SMILES string of the molecule is CCc1nn(C2CCC2)c2cc(N3CCN(C(=O)Cc4cnn(C(C)C)c4)C(Cc4ccccc4)C3)ccc12. The lowest BCUT2D eigenvalue weighted by Gasteiger charge is -2.43. The number of hydrogen-bond donors (Lipinski definition) is 0. The van der Waals surface area contributed by atoms with Crippen molar-refractivity contribution in [3.8, 4) is 0 Å². The minimum atomic E-state index is 0.104. The van der Waals surface area contributed by atoms with Gasteiger partial charge in [0.05, 0.1) is 35.9 Å². The molecule has 7 heteroatoms. The van der Waals surface area contributed by atoms with Crippen LogP contribution in [-0.4, -0.2) is 56.0 Å². The molecule has 1 aliphatic carbocycles. The van der Waals surface area contributed by atoms with Crippen molar-refractivity contribution < 1.29 is 4.79 Å². The van der Waals surface area contributed by atoms with Crippen LogP contribution in [0.1, 0.15) is 68.9 Å². The fraction of sp³-hybridized carbons (Fsp3) is 0.469. The van der Waals surface area contributed by atoms with E-state index in [2.05, 4.69) is 88.9 Å². The Morgan fingerprint density at radius 2 is 1.87 bits per heavy atom. The molecule has 3 heterocycles. The van der Waals surface area contributed by atoms with Crippen LogP contribution in [0.4, 0.5) is 5.69 Å². The Kier molecular flexibility index (Phi) is 7.15. The Morgan fingerprint density at radius 1 is 1.05 bits per heavy atom. The number of nitrogens with zero attached hydrogens (tertiary/aromatic N) is 6. The van der Waals surface area contributed by atoms with Crippen LogP contribution in [-0.2, 0) is 24.1 Å². The van der Waals surface area contributed by atoms with Gasteiger partial charge in [0.1, 0.15) is 0 Å². The average Bonchev–Trinajstić information content (AvgIpc) is 3.53. The van der Waals surface area contributed by atoms with Crippen molar-refractivity contribution in [3.05, 3.63) is 77.7 Å². The van der Waals surface area contributed by atoms with E-state index in [0.717, 1.165) is 38.0 Å². The maximum absolute atomic E-state index is 13.6. The van der Waals surface area contributed by atoms with Crippen molar-refractivity contribution >= 4 is 22.5 Å². The molecule has 6 rings (SSSR count). The molecule has 0 N–H and O–H groups in total. The van der Waals surface area contributed by atoms with Crippen molar-refractivity contribution in [2.24, 2.45) is 0 Å². The number of piperazine rings is 1. The fourth-order valence-electron chi connectivity index (χ4n) is 6.07. The van der Waals surface area contributed by atoms with E-state index in [1.807, 2.05) is 17.1 Å². The zero-order valence-corrected chi connectivity index (χ0v) is 23.5. The third-order valence-corrected chi connectivity index (χ3v) is 8.54. The third-order valence-electron chi connectivity index (χ3n) is 8.54. The number of rotatable bonds is 8. The van der Waals surface area contributed by atoms with Crippen LogP contribution in [0.15, 0.2) is 60.9 Å². The minimum Gasteiger partial charge on any atom is -0.368 e. The molecule has 1 unspecified atom stereocenters. The van der Waals surface area contributed by atoms with Gasteiger partial charge in [0.2, 0.25) is 5.91 Å². The lowest BCUT2D eigenvalue weighted by atomic mass is 9.93. The summed E-state index contributed by atoms with van der Waals surface area (Å²) >= 11 is 0. The third kappa shape index (κ3) is 5.19. The summed E-state index contributed by atoms with van der Waals surface area (Å²) in [6.45, 7) is 8.76. The van der Waals surface area contributed by atoms with Crippen LogP contribution in [0.25, 0.3) is 10.9 Å². The second-order valence-corrected chi connectivity index (χ2v) is 11.5. The first kappa shape index (κ1) is 25.7. The maximum Gasteiger partial charge on any atom is 0.227 e. The first-order chi connectivity index (χ1) is 19.0. The Bertz CT molecular complexity index is 1430. The summed E-state index contributed by atoms with van der Waals surface area (Å²) < 4.78 is 4.22. The number of benzene rings is 2. The second-order valence-electron chi connectivity index (χ2n) is 11.5. The molecule has 2 aromatic carbocycles. The largest absolute Gasteiger partial charge is 0.368 e. The summed E-state index contributed by atoms with van der Waals surface area (Å²) in [5.74, 6) is 0.185. The van der Waals surface area contributed by atoms with Crippen molar-refractivity contribution in [1.82, 2.24) is 24.5 Å². The highest BCUT2D eigenvalue weighted by atomic mass is 16.2. The van der Waals surface area contributed by atoms with Crippen LogP contribution in [0.5, 0.6) is 0 Å². The molecule has 1 amide bonds. The second kappa shape index (κ2) is 10.9. The van der Waals surface area contributed by atoms with Gasteiger partial charge < -0.3 is 9.80 Å².